The Morgan fingerprint density at radius 2 is 1.64 bits per heavy atom. The maximum atomic E-state index is 12.1. The summed E-state index contributed by atoms with van der Waals surface area (Å²) in [5, 5.41) is 53.6. The fraction of sp³-hybridized carbons (Fsp3) is 0.969. The van der Waals surface area contributed by atoms with Gasteiger partial charge in [0.25, 0.3) is 0 Å². The summed E-state index contributed by atoms with van der Waals surface area (Å²) in [5.41, 5.74) is -2.26. The van der Waals surface area contributed by atoms with E-state index in [1.165, 1.54) is 0 Å². The van der Waals surface area contributed by atoms with Gasteiger partial charge < -0.3 is 39.9 Å². The molecule has 0 spiro atoms. The number of aliphatic carboxylic acids is 1. The Kier molecular flexibility index (Phi) is 15.9. The molecule has 12 atom stereocenters. The number of carboxylic acid groups (broad SMARTS) is 1. The molecule has 0 saturated carbocycles. The molecule has 1 saturated heterocycles. The van der Waals surface area contributed by atoms with E-state index >= 15 is 0 Å². The minimum absolute atomic E-state index is 0.0677. The maximum Gasteiger partial charge on any atom is 0.308 e. The van der Waals surface area contributed by atoms with Gasteiger partial charge in [0, 0.05) is 25.0 Å². The maximum absolute atomic E-state index is 12.1. The summed E-state index contributed by atoms with van der Waals surface area (Å²) in [6.07, 6.45) is -0.894. The van der Waals surface area contributed by atoms with Crippen LogP contribution in [-0.2, 0) is 14.3 Å². The van der Waals surface area contributed by atoms with Crippen LogP contribution in [0.1, 0.15) is 101 Å². The Bertz CT molecular complexity index is 790. The van der Waals surface area contributed by atoms with E-state index in [0.717, 1.165) is 19.5 Å². The van der Waals surface area contributed by atoms with Crippen molar-refractivity contribution < 1.29 is 39.8 Å². The lowest BCUT2D eigenvalue weighted by Gasteiger charge is -2.44. The highest BCUT2D eigenvalue weighted by Gasteiger charge is 2.42. The van der Waals surface area contributed by atoms with Gasteiger partial charge in [-0.15, -0.1) is 0 Å². The predicted molar refractivity (Wildman–Crippen MR) is 165 cm³/mol. The highest BCUT2D eigenvalue weighted by molar-refractivity contribution is 5.70. The summed E-state index contributed by atoms with van der Waals surface area (Å²) < 4.78 is 12.4. The first-order chi connectivity index (χ1) is 19.3. The number of ether oxygens (including phenoxy) is 2. The summed E-state index contributed by atoms with van der Waals surface area (Å²) in [6, 6.07) is -0.430. The zero-order chi connectivity index (χ0) is 32.6. The summed E-state index contributed by atoms with van der Waals surface area (Å²) in [4.78, 5) is 16.3. The van der Waals surface area contributed by atoms with E-state index in [2.05, 4.69) is 4.90 Å². The van der Waals surface area contributed by atoms with Crippen LogP contribution in [0.2, 0.25) is 0 Å². The number of carbonyl (C=O) groups is 1. The molecule has 0 bridgehead atoms. The van der Waals surface area contributed by atoms with Crippen LogP contribution in [0.25, 0.3) is 0 Å². The Labute approximate surface area is 255 Å². The van der Waals surface area contributed by atoms with Gasteiger partial charge in [0.1, 0.15) is 0 Å². The van der Waals surface area contributed by atoms with E-state index in [1.807, 2.05) is 60.4 Å². The van der Waals surface area contributed by atoms with Crippen molar-refractivity contribution in [2.24, 2.45) is 17.8 Å². The molecule has 0 aromatic carbocycles. The normalized spacial score (nSPS) is 28.9. The van der Waals surface area contributed by atoms with Gasteiger partial charge in [-0.2, -0.15) is 0 Å². The molecule has 5 N–H and O–H groups in total. The monoisotopic (exact) mass is 604 g/mol. The molecule has 0 amide bonds. The van der Waals surface area contributed by atoms with Crippen molar-refractivity contribution in [3.8, 4) is 0 Å². The highest BCUT2D eigenvalue weighted by atomic mass is 16.7. The number of rotatable bonds is 19. The molecule has 10 nitrogen and oxygen atoms in total. The van der Waals surface area contributed by atoms with Gasteiger partial charge in [0.05, 0.1) is 41.5 Å². The van der Waals surface area contributed by atoms with Crippen LogP contribution in [-0.4, -0.2) is 122 Å². The third kappa shape index (κ3) is 11.3. The predicted octanol–water partition coefficient (Wildman–Crippen LogP) is 3.33. The van der Waals surface area contributed by atoms with Gasteiger partial charge >= 0.3 is 5.97 Å². The zero-order valence-electron chi connectivity index (χ0n) is 28.3. The number of nitrogens with zero attached hydrogens (tertiary/aromatic N) is 2. The van der Waals surface area contributed by atoms with Crippen LogP contribution < -0.4 is 0 Å². The number of hydrogen-bond donors (Lipinski definition) is 5. The van der Waals surface area contributed by atoms with E-state index in [4.69, 9.17) is 9.47 Å². The molecule has 1 aliphatic heterocycles. The number of aliphatic hydroxyl groups excluding tert-OH is 2. The largest absolute Gasteiger partial charge is 0.481 e. The van der Waals surface area contributed by atoms with Gasteiger partial charge in [-0.1, -0.05) is 41.0 Å². The quantitative estimate of drug-likeness (QED) is 0.149. The van der Waals surface area contributed by atoms with Gasteiger partial charge in [0.2, 0.25) is 0 Å². The topological polar surface area (TPSA) is 143 Å². The Morgan fingerprint density at radius 1 is 1.07 bits per heavy atom. The molecule has 1 aliphatic rings. The molecule has 0 aromatic rings. The third-order valence-electron chi connectivity index (χ3n) is 9.40. The van der Waals surface area contributed by atoms with Gasteiger partial charge in [-0.3, -0.25) is 9.69 Å². The molecule has 0 aliphatic carbocycles. The number of aliphatic hydroxyl groups is 4. The van der Waals surface area contributed by atoms with Crippen molar-refractivity contribution in [2.45, 2.75) is 155 Å². The average Bonchev–Trinajstić information content (AvgIpc) is 2.88. The summed E-state index contributed by atoms with van der Waals surface area (Å²) in [7, 11) is 1.91. The smallest absolute Gasteiger partial charge is 0.308 e. The van der Waals surface area contributed by atoms with Gasteiger partial charge in [-0.05, 0) is 85.9 Å². The van der Waals surface area contributed by atoms with Gasteiger partial charge in [0.15, 0.2) is 6.29 Å². The lowest BCUT2D eigenvalue weighted by atomic mass is 9.80. The van der Waals surface area contributed by atoms with Crippen molar-refractivity contribution in [1.82, 2.24) is 9.80 Å². The zero-order valence-corrected chi connectivity index (χ0v) is 28.3. The lowest BCUT2D eigenvalue weighted by molar-refractivity contribution is -0.263. The van der Waals surface area contributed by atoms with Crippen LogP contribution in [0.15, 0.2) is 0 Å². The van der Waals surface area contributed by atoms with E-state index in [9.17, 15) is 30.3 Å². The second-order valence-electron chi connectivity index (χ2n) is 13.7. The first-order valence-electron chi connectivity index (χ1n) is 16.1. The molecule has 1 heterocycles. The Morgan fingerprint density at radius 3 is 2.14 bits per heavy atom. The molecular formula is C32H64N2O8. The minimum Gasteiger partial charge on any atom is -0.481 e. The molecule has 5 unspecified atom stereocenters. The number of likely N-dealkylation sites (N-methyl/N-ethyl adjacent to an activating group) is 2. The average molecular weight is 605 g/mol. The van der Waals surface area contributed by atoms with E-state index in [-0.39, 0.29) is 23.9 Å². The van der Waals surface area contributed by atoms with Crippen LogP contribution in [0.3, 0.4) is 0 Å². The van der Waals surface area contributed by atoms with Crippen molar-refractivity contribution in [3.05, 3.63) is 0 Å². The van der Waals surface area contributed by atoms with Crippen LogP contribution in [0, 0.1) is 17.8 Å². The second kappa shape index (κ2) is 17.0. The van der Waals surface area contributed by atoms with Crippen molar-refractivity contribution in [3.63, 3.8) is 0 Å². The summed E-state index contributed by atoms with van der Waals surface area (Å²) >= 11 is 0. The van der Waals surface area contributed by atoms with Crippen LogP contribution in [0.5, 0.6) is 0 Å². The molecular weight excluding hydrogens is 540 g/mol. The van der Waals surface area contributed by atoms with Gasteiger partial charge in [-0.25, -0.2) is 0 Å². The third-order valence-corrected chi connectivity index (χ3v) is 9.40. The Balaban J connectivity index is 2.94. The van der Waals surface area contributed by atoms with E-state index in [0.29, 0.717) is 32.2 Å². The summed E-state index contributed by atoms with van der Waals surface area (Å²) in [5.74, 6) is -2.02. The SMILES string of the molecule is CCCC(C)(O)[C@H](O)[C@@H](C)N(C)C[C@H](C)CC(C)(O)C[C@@H](C)C(O[C@H]1CC(N(CC)CC)[C@H](O)C(C)O1)[C@@H](C)C(=O)O. The first kappa shape index (κ1) is 39.2. The molecule has 10 heteroatoms. The minimum atomic E-state index is -1.17. The number of hydrogen-bond acceptors (Lipinski definition) is 9. The summed E-state index contributed by atoms with van der Waals surface area (Å²) in [6.45, 7) is 21.0. The second-order valence-corrected chi connectivity index (χ2v) is 13.7. The highest BCUT2D eigenvalue weighted by Crippen LogP contribution is 2.34. The number of carboxylic acids is 1. The lowest BCUT2D eigenvalue weighted by Crippen LogP contribution is -2.56. The molecule has 0 aromatic heterocycles. The molecule has 0 radical (unpaired) electrons. The van der Waals surface area contributed by atoms with E-state index in [1.54, 1.807) is 20.8 Å². The first-order valence-corrected chi connectivity index (χ1v) is 16.1. The molecule has 42 heavy (non-hydrogen) atoms. The van der Waals surface area contributed by atoms with Crippen LogP contribution >= 0.6 is 0 Å². The van der Waals surface area contributed by atoms with Crippen molar-refractivity contribution in [2.75, 3.05) is 26.7 Å². The molecule has 1 rings (SSSR count). The molecule has 1 fully saturated rings. The standard InChI is InChI=1S/C32H64N2O8/c1-12-15-32(10,40)29(36)23(7)33(11)19-20(4)17-31(9,39)18-21(5)28(22(6)30(37)38)42-26-16-25(34(13-2)14-3)27(35)24(8)41-26/h20-29,35-36,39-40H,12-19H2,1-11H3,(H,37,38)/t20-,21-,22-,23-,24?,25?,26+,27-,28?,29-,31?,32?/m1/s1. The van der Waals surface area contributed by atoms with Crippen molar-refractivity contribution in [1.29, 1.82) is 0 Å². The Hall–Kier alpha value is -0.850. The van der Waals surface area contributed by atoms with Crippen LogP contribution in [0.4, 0.5) is 0 Å². The fourth-order valence-corrected chi connectivity index (χ4v) is 7.01. The van der Waals surface area contributed by atoms with Crippen molar-refractivity contribution >= 4 is 5.97 Å². The fourth-order valence-electron chi connectivity index (χ4n) is 7.01. The molecule has 250 valence electrons. The van der Waals surface area contributed by atoms with E-state index < -0.39 is 53.8 Å².